The van der Waals surface area contributed by atoms with Crippen molar-refractivity contribution in [2.45, 2.75) is 37.5 Å². The SMILES string of the molecule is Cc1cc(Cl)cc2c1NC(=O)[C@]21[C@@H]2C(=O)N(c3cccc(C(F)(F)F)c3)C(=O)[C@@H]2[C@@H]2CCCN21. The van der Waals surface area contributed by atoms with Gasteiger partial charge in [0.25, 0.3) is 0 Å². The predicted octanol–water partition coefficient (Wildman–Crippen LogP) is 4.10. The van der Waals surface area contributed by atoms with Gasteiger partial charge >= 0.3 is 6.18 Å². The van der Waals surface area contributed by atoms with E-state index in [4.69, 9.17) is 11.6 Å². The standard InChI is InChI=1S/C24H19ClF3N3O3/c1-11-8-13(25)10-15-19(11)29-22(34)23(15)18-17(16-6-3-7-30(16)23)20(32)31(21(18)33)14-5-2-4-12(9-14)24(26,27)28/h2,4-5,8-10,16-18H,3,6-7H2,1H3,(H,29,34)/t16-,17+,18-,23+/m0/s1. The Labute approximate surface area is 197 Å². The van der Waals surface area contributed by atoms with Crippen LogP contribution in [0.3, 0.4) is 0 Å². The molecule has 0 aromatic heterocycles. The highest BCUT2D eigenvalue weighted by Gasteiger charge is 2.74. The highest BCUT2D eigenvalue weighted by atomic mass is 35.5. The van der Waals surface area contributed by atoms with Crippen molar-refractivity contribution in [3.8, 4) is 0 Å². The number of rotatable bonds is 1. The van der Waals surface area contributed by atoms with Crippen LogP contribution in [0.5, 0.6) is 0 Å². The summed E-state index contributed by atoms with van der Waals surface area (Å²) in [5, 5.41) is 3.30. The summed E-state index contributed by atoms with van der Waals surface area (Å²) in [4.78, 5) is 43.9. The van der Waals surface area contributed by atoms with E-state index >= 15 is 0 Å². The fraction of sp³-hybridized carbons (Fsp3) is 0.375. The number of alkyl halides is 3. The number of anilines is 2. The number of nitrogens with zero attached hydrogens (tertiary/aromatic N) is 2. The number of hydrogen-bond donors (Lipinski definition) is 1. The highest BCUT2D eigenvalue weighted by Crippen LogP contribution is 2.61. The Kier molecular flexibility index (Phi) is 4.34. The van der Waals surface area contributed by atoms with E-state index in [0.29, 0.717) is 29.2 Å². The maximum atomic E-state index is 13.9. The Morgan fingerprint density at radius 3 is 2.62 bits per heavy atom. The molecule has 1 spiro atoms. The second-order valence-corrected chi connectivity index (χ2v) is 9.77. The maximum Gasteiger partial charge on any atom is 0.416 e. The third kappa shape index (κ3) is 2.54. The van der Waals surface area contributed by atoms with Gasteiger partial charge in [-0.15, -0.1) is 0 Å². The Bertz CT molecular complexity index is 1300. The summed E-state index contributed by atoms with van der Waals surface area (Å²) in [6.45, 7) is 2.33. The van der Waals surface area contributed by atoms with E-state index < -0.39 is 46.8 Å². The molecular formula is C24H19ClF3N3O3. The molecule has 4 atom stereocenters. The highest BCUT2D eigenvalue weighted by molar-refractivity contribution is 6.31. The molecule has 3 saturated heterocycles. The van der Waals surface area contributed by atoms with Gasteiger partial charge in [0, 0.05) is 22.3 Å². The molecule has 34 heavy (non-hydrogen) atoms. The lowest BCUT2D eigenvalue weighted by Crippen LogP contribution is -2.54. The number of carbonyl (C=O) groups excluding carboxylic acids is 3. The molecule has 0 radical (unpaired) electrons. The molecule has 176 valence electrons. The number of amides is 3. The summed E-state index contributed by atoms with van der Waals surface area (Å²) in [5.41, 5.74) is -0.670. The van der Waals surface area contributed by atoms with E-state index in [2.05, 4.69) is 5.32 Å². The summed E-state index contributed by atoms with van der Waals surface area (Å²) in [6.07, 6.45) is -3.27. The first kappa shape index (κ1) is 21.6. The maximum absolute atomic E-state index is 13.9. The molecule has 4 heterocycles. The summed E-state index contributed by atoms with van der Waals surface area (Å²) < 4.78 is 40.0. The first-order valence-corrected chi connectivity index (χ1v) is 11.4. The molecular weight excluding hydrogens is 471 g/mol. The van der Waals surface area contributed by atoms with E-state index in [0.717, 1.165) is 29.0 Å². The third-order valence-electron chi connectivity index (χ3n) is 7.70. The van der Waals surface area contributed by atoms with Crippen LogP contribution >= 0.6 is 11.6 Å². The molecule has 10 heteroatoms. The molecule has 1 N–H and O–H groups in total. The van der Waals surface area contributed by atoms with Gasteiger partial charge in [-0.3, -0.25) is 19.3 Å². The van der Waals surface area contributed by atoms with Gasteiger partial charge < -0.3 is 5.32 Å². The van der Waals surface area contributed by atoms with Crippen molar-refractivity contribution in [2.24, 2.45) is 11.8 Å². The van der Waals surface area contributed by atoms with Crippen molar-refractivity contribution < 1.29 is 27.6 Å². The normalized spacial score (nSPS) is 30.2. The van der Waals surface area contributed by atoms with Crippen LogP contribution in [0.15, 0.2) is 36.4 Å². The average Bonchev–Trinajstić information content (AvgIpc) is 3.47. The fourth-order valence-corrected chi connectivity index (χ4v) is 6.78. The number of halogens is 4. The first-order chi connectivity index (χ1) is 16.1. The fourth-order valence-electron chi connectivity index (χ4n) is 6.51. The van der Waals surface area contributed by atoms with Crippen LogP contribution in [0.4, 0.5) is 24.5 Å². The Balaban J connectivity index is 1.54. The quantitative estimate of drug-likeness (QED) is 0.612. The molecule has 4 aliphatic rings. The summed E-state index contributed by atoms with van der Waals surface area (Å²) in [7, 11) is 0. The van der Waals surface area contributed by atoms with Crippen molar-refractivity contribution in [1.29, 1.82) is 0 Å². The molecule has 4 aliphatic heterocycles. The van der Waals surface area contributed by atoms with Crippen LogP contribution in [0.25, 0.3) is 0 Å². The van der Waals surface area contributed by atoms with Crippen LogP contribution in [-0.4, -0.2) is 35.2 Å². The van der Waals surface area contributed by atoms with Crippen molar-refractivity contribution >= 4 is 40.7 Å². The predicted molar refractivity (Wildman–Crippen MR) is 117 cm³/mol. The zero-order chi connectivity index (χ0) is 24.2. The largest absolute Gasteiger partial charge is 0.416 e. The molecule has 2 aromatic rings. The van der Waals surface area contributed by atoms with E-state index in [-0.39, 0.29) is 11.7 Å². The molecule has 6 rings (SSSR count). The van der Waals surface area contributed by atoms with Gasteiger partial charge in [0.2, 0.25) is 17.7 Å². The van der Waals surface area contributed by atoms with Crippen LogP contribution in [0, 0.1) is 18.8 Å². The summed E-state index contributed by atoms with van der Waals surface area (Å²) in [5.74, 6) is -3.52. The van der Waals surface area contributed by atoms with Crippen LogP contribution in [0.1, 0.15) is 29.5 Å². The zero-order valence-corrected chi connectivity index (χ0v) is 18.7. The van der Waals surface area contributed by atoms with Gasteiger partial charge in [-0.1, -0.05) is 17.7 Å². The lowest BCUT2D eigenvalue weighted by atomic mass is 9.75. The molecule has 3 amide bonds. The van der Waals surface area contributed by atoms with E-state index in [9.17, 15) is 27.6 Å². The van der Waals surface area contributed by atoms with Gasteiger partial charge in [0.15, 0.2) is 0 Å². The molecule has 2 aromatic carbocycles. The molecule has 0 aliphatic carbocycles. The Hall–Kier alpha value is -2.91. The number of imide groups is 1. The molecule has 0 saturated carbocycles. The van der Waals surface area contributed by atoms with Crippen molar-refractivity contribution in [1.82, 2.24) is 4.90 Å². The van der Waals surface area contributed by atoms with Crippen molar-refractivity contribution in [3.05, 3.63) is 58.1 Å². The Morgan fingerprint density at radius 2 is 1.88 bits per heavy atom. The second-order valence-electron chi connectivity index (χ2n) is 9.33. The molecule has 0 bridgehead atoms. The van der Waals surface area contributed by atoms with Gasteiger partial charge in [0.1, 0.15) is 5.54 Å². The number of carbonyl (C=O) groups is 3. The van der Waals surface area contributed by atoms with Gasteiger partial charge in [-0.2, -0.15) is 13.2 Å². The minimum atomic E-state index is -4.63. The van der Waals surface area contributed by atoms with Gasteiger partial charge in [0.05, 0.1) is 23.1 Å². The number of hydrogen-bond acceptors (Lipinski definition) is 4. The number of aryl methyl sites for hydroxylation is 1. The number of fused-ring (bicyclic) bond motifs is 7. The lowest BCUT2D eigenvalue weighted by molar-refractivity contribution is -0.137. The minimum absolute atomic E-state index is 0.139. The lowest BCUT2D eigenvalue weighted by Gasteiger charge is -2.36. The molecule has 6 nitrogen and oxygen atoms in total. The topological polar surface area (TPSA) is 69.7 Å². The van der Waals surface area contributed by atoms with E-state index in [1.165, 1.54) is 12.1 Å². The van der Waals surface area contributed by atoms with Crippen LogP contribution < -0.4 is 10.2 Å². The third-order valence-corrected chi connectivity index (χ3v) is 7.91. The van der Waals surface area contributed by atoms with Gasteiger partial charge in [-0.05, 0) is 62.2 Å². The Morgan fingerprint density at radius 1 is 1.12 bits per heavy atom. The molecule has 3 fully saturated rings. The smallest absolute Gasteiger partial charge is 0.324 e. The summed E-state index contributed by atoms with van der Waals surface area (Å²) in [6, 6.07) is 7.18. The first-order valence-electron chi connectivity index (χ1n) is 11.0. The van der Waals surface area contributed by atoms with Crippen molar-refractivity contribution in [3.63, 3.8) is 0 Å². The van der Waals surface area contributed by atoms with Crippen molar-refractivity contribution in [2.75, 3.05) is 16.8 Å². The number of nitrogens with one attached hydrogen (secondary N) is 1. The van der Waals surface area contributed by atoms with E-state index in [1.54, 1.807) is 19.1 Å². The van der Waals surface area contributed by atoms with Gasteiger partial charge in [-0.25, -0.2) is 4.90 Å². The van der Waals surface area contributed by atoms with Crippen LogP contribution in [0.2, 0.25) is 5.02 Å². The van der Waals surface area contributed by atoms with E-state index in [1.807, 2.05) is 4.90 Å². The second kappa shape index (κ2) is 6.82. The minimum Gasteiger partial charge on any atom is -0.324 e. The average molecular weight is 490 g/mol. The monoisotopic (exact) mass is 489 g/mol. The molecule has 0 unspecified atom stereocenters. The number of benzene rings is 2. The summed E-state index contributed by atoms with van der Waals surface area (Å²) >= 11 is 6.35. The zero-order valence-electron chi connectivity index (χ0n) is 17.9. The van der Waals surface area contributed by atoms with Crippen LogP contribution in [-0.2, 0) is 26.1 Å².